The molecule has 0 aromatic heterocycles. The molecule has 0 radical (unpaired) electrons. The van der Waals surface area contributed by atoms with Gasteiger partial charge in [-0.3, -0.25) is 4.79 Å². The number of methoxy groups -OCH3 is 1. The van der Waals surface area contributed by atoms with Gasteiger partial charge >= 0.3 is 0 Å². The molecule has 1 N–H and O–H groups in total. The minimum Gasteiger partial charge on any atom is -0.497 e. The van der Waals surface area contributed by atoms with E-state index >= 15 is 0 Å². The Balaban J connectivity index is 1.78. The molecule has 0 heterocycles. The largest absolute Gasteiger partial charge is 0.497 e. The van der Waals surface area contributed by atoms with Crippen molar-refractivity contribution in [3.05, 3.63) is 65.7 Å². The van der Waals surface area contributed by atoms with Crippen molar-refractivity contribution in [1.82, 2.24) is 5.32 Å². The molecule has 3 heteroatoms. The minimum absolute atomic E-state index is 0.0320. The first-order chi connectivity index (χ1) is 11.7. The minimum atomic E-state index is -0.346. The van der Waals surface area contributed by atoms with Crippen LogP contribution in [-0.4, -0.2) is 13.0 Å². The van der Waals surface area contributed by atoms with Crippen LogP contribution in [0.5, 0.6) is 5.75 Å². The average molecular weight is 323 g/mol. The van der Waals surface area contributed by atoms with Gasteiger partial charge in [0.1, 0.15) is 5.75 Å². The van der Waals surface area contributed by atoms with Gasteiger partial charge in [0.05, 0.1) is 18.6 Å². The molecule has 2 aromatic rings. The highest BCUT2D eigenvalue weighted by molar-refractivity contribution is 5.89. The molecule has 0 spiro atoms. The van der Waals surface area contributed by atoms with Crippen molar-refractivity contribution >= 4 is 5.91 Å². The second-order valence-corrected chi connectivity index (χ2v) is 6.51. The van der Waals surface area contributed by atoms with E-state index in [4.69, 9.17) is 4.74 Å². The number of carbonyl (C=O) groups excluding carboxylic acids is 1. The molecule has 1 aliphatic carbocycles. The van der Waals surface area contributed by atoms with Crippen LogP contribution in [0.3, 0.4) is 0 Å². The molecule has 1 atom stereocenters. The predicted octanol–water partition coefficient (Wildman–Crippen LogP) is 4.38. The number of hydrogen-bond donors (Lipinski definition) is 1. The average Bonchev–Trinajstić information content (AvgIpc) is 2.60. The van der Waals surface area contributed by atoms with Crippen LogP contribution in [0.25, 0.3) is 0 Å². The summed E-state index contributed by atoms with van der Waals surface area (Å²) < 4.78 is 5.21. The molecular weight excluding hydrogens is 298 g/mol. The lowest BCUT2D eigenvalue weighted by atomic mass is 9.63. The lowest BCUT2D eigenvalue weighted by Crippen LogP contribution is -2.50. The summed E-state index contributed by atoms with van der Waals surface area (Å²) >= 11 is 0. The zero-order valence-electron chi connectivity index (χ0n) is 14.4. The van der Waals surface area contributed by atoms with Crippen LogP contribution in [0.4, 0.5) is 0 Å². The van der Waals surface area contributed by atoms with Crippen LogP contribution in [0.1, 0.15) is 49.8 Å². The summed E-state index contributed by atoms with van der Waals surface area (Å²) in [5, 5.41) is 3.28. The molecule has 3 rings (SSSR count). The van der Waals surface area contributed by atoms with E-state index in [2.05, 4.69) is 24.4 Å². The summed E-state index contributed by atoms with van der Waals surface area (Å²) in [6, 6.07) is 18.2. The predicted molar refractivity (Wildman–Crippen MR) is 96.1 cm³/mol. The maximum Gasteiger partial charge on any atom is 0.231 e. The van der Waals surface area contributed by atoms with E-state index in [1.807, 2.05) is 42.5 Å². The third-order valence-corrected chi connectivity index (χ3v) is 5.20. The maximum absolute atomic E-state index is 13.1. The Bertz CT molecular complexity index is 675. The normalized spacial score (nSPS) is 16.8. The van der Waals surface area contributed by atoms with Crippen molar-refractivity contribution in [2.75, 3.05) is 7.11 Å². The van der Waals surface area contributed by atoms with Gasteiger partial charge in [0.25, 0.3) is 0 Å². The molecule has 3 nitrogen and oxygen atoms in total. The van der Waals surface area contributed by atoms with Crippen molar-refractivity contribution < 1.29 is 9.53 Å². The van der Waals surface area contributed by atoms with Gasteiger partial charge in [0, 0.05) is 0 Å². The topological polar surface area (TPSA) is 38.3 Å². The summed E-state index contributed by atoms with van der Waals surface area (Å²) in [6.45, 7) is 2.10. The number of ether oxygens (including phenoxy) is 1. The summed E-state index contributed by atoms with van der Waals surface area (Å²) in [5.74, 6) is 0.988. The van der Waals surface area contributed by atoms with Gasteiger partial charge in [-0.25, -0.2) is 0 Å². The smallest absolute Gasteiger partial charge is 0.231 e. The fraction of sp³-hybridized carbons (Fsp3) is 0.381. The summed E-state index contributed by atoms with van der Waals surface area (Å²) in [5.41, 5.74) is 1.91. The van der Waals surface area contributed by atoms with E-state index in [9.17, 15) is 4.79 Å². The van der Waals surface area contributed by atoms with Crippen LogP contribution < -0.4 is 10.1 Å². The first-order valence-corrected chi connectivity index (χ1v) is 8.70. The van der Waals surface area contributed by atoms with E-state index in [1.165, 1.54) is 0 Å². The molecule has 126 valence electrons. The lowest BCUT2D eigenvalue weighted by molar-refractivity contribution is -0.130. The Morgan fingerprint density at radius 2 is 1.79 bits per heavy atom. The maximum atomic E-state index is 13.1. The molecular formula is C21H25NO2. The van der Waals surface area contributed by atoms with E-state index in [-0.39, 0.29) is 17.4 Å². The van der Waals surface area contributed by atoms with Crippen molar-refractivity contribution in [3.8, 4) is 5.75 Å². The number of amides is 1. The summed E-state index contributed by atoms with van der Waals surface area (Å²) in [7, 11) is 1.66. The van der Waals surface area contributed by atoms with Crippen LogP contribution in [-0.2, 0) is 10.2 Å². The van der Waals surface area contributed by atoms with Gasteiger partial charge < -0.3 is 10.1 Å². The number of carbonyl (C=O) groups is 1. The van der Waals surface area contributed by atoms with Gasteiger partial charge in [-0.2, -0.15) is 0 Å². The van der Waals surface area contributed by atoms with Gasteiger partial charge in [-0.15, -0.1) is 0 Å². The molecule has 1 aliphatic rings. The Labute approximate surface area is 144 Å². The third kappa shape index (κ3) is 3.03. The fourth-order valence-electron chi connectivity index (χ4n) is 3.49. The Kier molecular flexibility index (Phi) is 4.89. The third-order valence-electron chi connectivity index (χ3n) is 5.20. The number of rotatable bonds is 6. The van der Waals surface area contributed by atoms with E-state index in [1.54, 1.807) is 7.11 Å². The zero-order valence-corrected chi connectivity index (χ0v) is 14.4. The fourth-order valence-corrected chi connectivity index (χ4v) is 3.49. The monoisotopic (exact) mass is 323 g/mol. The van der Waals surface area contributed by atoms with Gasteiger partial charge in [0.2, 0.25) is 5.91 Å². The molecule has 0 bridgehead atoms. The zero-order chi connectivity index (χ0) is 17.0. The molecule has 1 fully saturated rings. The summed E-state index contributed by atoms with van der Waals surface area (Å²) in [6.07, 6.45) is 3.84. The SMILES string of the molecule is CCC(NC(=O)C1(c2ccccc2)CCC1)c1ccc(OC)cc1. The first-order valence-electron chi connectivity index (χ1n) is 8.70. The molecule has 1 unspecified atom stereocenters. The standard InChI is InChI=1S/C21H25NO2/c1-3-19(16-10-12-18(24-2)13-11-16)22-20(23)21(14-7-15-21)17-8-5-4-6-9-17/h4-6,8-13,19H,3,7,14-15H2,1-2H3,(H,22,23). The lowest BCUT2D eigenvalue weighted by Gasteiger charge is -2.41. The second kappa shape index (κ2) is 7.08. The molecule has 2 aromatic carbocycles. The molecule has 1 amide bonds. The van der Waals surface area contributed by atoms with E-state index in [0.29, 0.717) is 0 Å². The number of hydrogen-bond acceptors (Lipinski definition) is 2. The van der Waals surface area contributed by atoms with Crippen LogP contribution in [0.15, 0.2) is 54.6 Å². The van der Waals surface area contributed by atoms with Gasteiger partial charge in [-0.1, -0.05) is 55.8 Å². The van der Waals surface area contributed by atoms with Crippen LogP contribution in [0, 0.1) is 0 Å². The van der Waals surface area contributed by atoms with Crippen molar-refractivity contribution in [3.63, 3.8) is 0 Å². The van der Waals surface area contributed by atoms with Gasteiger partial charge in [0.15, 0.2) is 0 Å². The van der Waals surface area contributed by atoms with Gasteiger partial charge in [-0.05, 0) is 42.5 Å². The Morgan fingerprint density at radius 1 is 1.12 bits per heavy atom. The second-order valence-electron chi connectivity index (χ2n) is 6.51. The van der Waals surface area contributed by atoms with E-state index in [0.717, 1.165) is 42.6 Å². The Hall–Kier alpha value is -2.29. The molecule has 1 saturated carbocycles. The van der Waals surface area contributed by atoms with Crippen LogP contribution >= 0.6 is 0 Å². The molecule has 0 saturated heterocycles. The number of nitrogens with one attached hydrogen (secondary N) is 1. The summed E-state index contributed by atoms with van der Waals surface area (Å²) in [4.78, 5) is 13.1. The highest BCUT2D eigenvalue weighted by atomic mass is 16.5. The van der Waals surface area contributed by atoms with Crippen molar-refractivity contribution in [2.45, 2.75) is 44.1 Å². The first kappa shape index (κ1) is 16.6. The quantitative estimate of drug-likeness (QED) is 0.856. The van der Waals surface area contributed by atoms with Crippen molar-refractivity contribution in [2.24, 2.45) is 0 Å². The molecule has 24 heavy (non-hydrogen) atoms. The highest BCUT2D eigenvalue weighted by Crippen LogP contribution is 2.44. The number of benzene rings is 2. The van der Waals surface area contributed by atoms with E-state index < -0.39 is 0 Å². The molecule has 0 aliphatic heterocycles. The van der Waals surface area contributed by atoms with Crippen molar-refractivity contribution in [1.29, 1.82) is 0 Å². The highest BCUT2D eigenvalue weighted by Gasteiger charge is 2.45. The Morgan fingerprint density at radius 3 is 2.29 bits per heavy atom. The van der Waals surface area contributed by atoms with Crippen LogP contribution in [0.2, 0.25) is 0 Å².